The molecule has 0 aliphatic rings. The first-order valence-corrected chi connectivity index (χ1v) is 7.25. The van der Waals surface area contributed by atoms with Gasteiger partial charge in [0.2, 0.25) is 6.10 Å². The van der Waals surface area contributed by atoms with E-state index >= 15 is 0 Å². The minimum atomic E-state index is -4.18. The van der Waals surface area contributed by atoms with Crippen LogP contribution < -0.4 is 0 Å². The van der Waals surface area contributed by atoms with Crippen LogP contribution in [0.25, 0.3) is 0 Å². The molecule has 0 fully saturated rings. The lowest BCUT2D eigenvalue weighted by atomic mass is 10.0. The second-order valence-electron chi connectivity index (χ2n) is 5.02. The van der Waals surface area contributed by atoms with Crippen LogP contribution in [0, 0.1) is 0 Å². The van der Waals surface area contributed by atoms with E-state index in [1.54, 1.807) is 6.07 Å². The Bertz CT molecular complexity index is 488. The third-order valence-corrected chi connectivity index (χ3v) is 3.20. The molecule has 1 atom stereocenters. The first-order chi connectivity index (χ1) is 10.4. The average Bonchev–Trinajstić information content (AvgIpc) is 2.49. The van der Waals surface area contributed by atoms with Crippen molar-refractivity contribution in [3.63, 3.8) is 0 Å². The molecule has 0 aromatic heterocycles. The number of benzene rings is 1. The van der Waals surface area contributed by atoms with Crippen LogP contribution in [0.3, 0.4) is 0 Å². The summed E-state index contributed by atoms with van der Waals surface area (Å²) in [6.07, 6.45) is 1.15. The molecule has 1 unspecified atom stereocenters. The van der Waals surface area contributed by atoms with Crippen LogP contribution in [0.2, 0.25) is 0 Å². The molecule has 0 aliphatic heterocycles. The van der Waals surface area contributed by atoms with Crippen molar-refractivity contribution >= 4 is 11.9 Å². The van der Waals surface area contributed by atoms with Crippen molar-refractivity contribution in [2.45, 2.75) is 51.1 Å². The predicted octanol–water partition coefficient (Wildman–Crippen LogP) is 3.96. The fourth-order valence-corrected chi connectivity index (χ4v) is 1.98. The highest BCUT2D eigenvalue weighted by Gasteiger charge is 2.51. The highest BCUT2D eigenvalue weighted by molar-refractivity contribution is 5.78. The zero-order valence-electron chi connectivity index (χ0n) is 12.4. The highest BCUT2D eigenvalue weighted by atomic mass is 19.3. The van der Waals surface area contributed by atoms with Crippen LogP contribution >= 0.6 is 0 Å². The number of carboxylic acids is 1. The van der Waals surface area contributed by atoms with Crippen molar-refractivity contribution < 1.29 is 28.2 Å². The normalized spacial score (nSPS) is 12.7. The molecule has 0 saturated carbocycles. The SMILES string of the molecule is CCCCCCC(=O)OC(c1ccccc1)C(F)(F)C(=O)O. The quantitative estimate of drug-likeness (QED) is 0.553. The second kappa shape index (κ2) is 8.46. The number of unbranched alkanes of at least 4 members (excludes halogenated alkanes) is 3. The summed E-state index contributed by atoms with van der Waals surface area (Å²) in [5.74, 6) is -7.31. The maximum absolute atomic E-state index is 13.8. The molecule has 0 saturated heterocycles. The summed E-state index contributed by atoms with van der Waals surface area (Å²) >= 11 is 0. The Morgan fingerprint density at radius 1 is 1.18 bits per heavy atom. The number of carboxylic acid groups (broad SMARTS) is 1. The van der Waals surface area contributed by atoms with Crippen molar-refractivity contribution in [2.24, 2.45) is 0 Å². The van der Waals surface area contributed by atoms with E-state index in [2.05, 4.69) is 0 Å². The molecule has 0 heterocycles. The minimum absolute atomic E-state index is 0.000960. The first-order valence-electron chi connectivity index (χ1n) is 7.25. The molecule has 1 aromatic rings. The Balaban J connectivity index is 2.80. The molecular formula is C16H20F2O4. The number of hydrogen-bond donors (Lipinski definition) is 1. The fourth-order valence-electron chi connectivity index (χ4n) is 1.98. The third-order valence-electron chi connectivity index (χ3n) is 3.20. The Hall–Kier alpha value is -1.98. The summed E-state index contributed by atoms with van der Waals surface area (Å²) in [5.41, 5.74) is -0.0446. The van der Waals surface area contributed by atoms with E-state index in [0.717, 1.165) is 19.3 Å². The van der Waals surface area contributed by atoms with Gasteiger partial charge in [0.05, 0.1) is 0 Å². The van der Waals surface area contributed by atoms with Gasteiger partial charge in [-0.05, 0) is 12.0 Å². The molecule has 0 amide bonds. The number of alkyl halides is 2. The number of halogens is 2. The van der Waals surface area contributed by atoms with Gasteiger partial charge in [-0.1, -0.05) is 56.5 Å². The monoisotopic (exact) mass is 314 g/mol. The number of rotatable bonds is 9. The van der Waals surface area contributed by atoms with Crippen LogP contribution in [-0.4, -0.2) is 23.0 Å². The summed E-state index contributed by atoms with van der Waals surface area (Å²) in [6, 6.07) is 7.19. The van der Waals surface area contributed by atoms with Gasteiger partial charge in [0.1, 0.15) is 0 Å². The van der Waals surface area contributed by atoms with Gasteiger partial charge < -0.3 is 9.84 Å². The summed E-state index contributed by atoms with van der Waals surface area (Å²) in [5, 5.41) is 8.69. The Morgan fingerprint density at radius 2 is 1.82 bits per heavy atom. The Morgan fingerprint density at radius 3 is 2.36 bits per heavy atom. The van der Waals surface area contributed by atoms with Crippen molar-refractivity contribution in [1.29, 1.82) is 0 Å². The van der Waals surface area contributed by atoms with Gasteiger partial charge >= 0.3 is 17.9 Å². The van der Waals surface area contributed by atoms with E-state index < -0.39 is 24.0 Å². The van der Waals surface area contributed by atoms with Gasteiger partial charge in [-0.3, -0.25) is 4.79 Å². The molecule has 4 nitrogen and oxygen atoms in total. The summed E-state index contributed by atoms with van der Waals surface area (Å²) in [6.45, 7) is 2.01. The lowest BCUT2D eigenvalue weighted by Gasteiger charge is -2.24. The van der Waals surface area contributed by atoms with Crippen LogP contribution in [0.1, 0.15) is 50.7 Å². The summed E-state index contributed by atoms with van der Waals surface area (Å²) in [4.78, 5) is 22.5. The van der Waals surface area contributed by atoms with Crippen molar-refractivity contribution in [3.05, 3.63) is 35.9 Å². The molecule has 22 heavy (non-hydrogen) atoms. The number of aliphatic carboxylic acids is 1. The van der Waals surface area contributed by atoms with E-state index in [4.69, 9.17) is 9.84 Å². The van der Waals surface area contributed by atoms with E-state index in [9.17, 15) is 18.4 Å². The maximum Gasteiger partial charge on any atom is 0.382 e. The molecule has 1 aromatic carbocycles. The van der Waals surface area contributed by atoms with Crippen molar-refractivity contribution in [1.82, 2.24) is 0 Å². The molecule has 0 radical (unpaired) electrons. The molecule has 0 bridgehead atoms. The van der Waals surface area contributed by atoms with Gasteiger partial charge in [0, 0.05) is 6.42 Å². The first kappa shape index (κ1) is 18.1. The Kier molecular flexibility index (Phi) is 6.95. The molecule has 122 valence electrons. The minimum Gasteiger partial charge on any atom is -0.477 e. The van der Waals surface area contributed by atoms with Crippen LogP contribution in [0.4, 0.5) is 8.78 Å². The van der Waals surface area contributed by atoms with Crippen molar-refractivity contribution in [2.75, 3.05) is 0 Å². The predicted molar refractivity (Wildman–Crippen MR) is 76.6 cm³/mol. The number of hydrogen-bond acceptors (Lipinski definition) is 3. The Labute approximate surface area is 128 Å². The van der Waals surface area contributed by atoms with Crippen LogP contribution in [-0.2, 0) is 14.3 Å². The molecule has 1 rings (SSSR count). The molecular weight excluding hydrogens is 294 g/mol. The number of esters is 1. The van der Waals surface area contributed by atoms with E-state index in [1.807, 2.05) is 6.92 Å². The number of carbonyl (C=O) groups excluding carboxylic acids is 1. The molecule has 1 N–H and O–H groups in total. The fraction of sp³-hybridized carbons (Fsp3) is 0.500. The molecule has 0 spiro atoms. The van der Waals surface area contributed by atoms with E-state index in [1.165, 1.54) is 24.3 Å². The van der Waals surface area contributed by atoms with E-state index in [0.29, 0.717) is 6.42 Å². The maximum atomic E-state index is 13.8. The van der Waals surface area contributed by atoms with Crippen molar-refractivity contribution in [3.8, 4) is 0 Å². The lowest BCUT2D eigenvalue weighted by molar-refractivity contribution is -0.194. The molecule has 6 heteroatoms. The van der Waals surface area contributed by atoms with Gasteiger partial charge in [0.25, 0.3) is 0 Å². The van der Waals surface area contributed by atoms with Gasteiger partial charge in [0.15, 0.2) is 0 Å². The zero-order chi connectivity index (χ0) is 16.6. The molecule has 0 aliphatic carbocycles. The largest absolute Gasteiger partial charge is 0.477 e. The topological polar surface area (TPSA) is 63.6 Å². The average molecular weight is 314 g/mol. The van der Waals surface area contributed by atoms with Gasteiger partial charge in [-0.15, -0.1) is 0 Å². The highest BCUT2D eigenvalue weighted by Crippen LogP contribution is 2.35. The second-order valence-corrected chi connectivity index (χ2v) is 5.02. The number of carbonyl (C=O) groups is 2. The summed E-state index contributed by atoms with van der Waals surface area (Å²) in [7, 11) is 0. The summed E-state index contributed by atoms with van der Waals surface area (Å²) < 4.78 is 32.4. The lowest BCUT2D eigenvalue weighted by Crippen LogP contribution is -2.38. The third kappa shape index (κ3) is 5.09. The number of ether oxygens (including phenoxy) is 1. The van der Waals surface area contributed by atoms with Gasteiger partial charge in [-0.2, -0.15) is 8.78 Å². The zero-order valence-corrected chi connectivity index (χ0v) is 12.4. The van der Waals surface area contributed by atoms with Crippen LogP contribution in [0.15, 0.2) is 30.3 Å². The van der Waals surface area contributed by atoms with Gasteiger partial charge in [-0.25, -0.2) is 4.79 Å². The smallest absolute Gasteiger partial charge is 0.382 e. The van der Waals surface area contributed by atoms with E-state index in [-0.39, 0.29) is 12.0 Å². The van der Waals surface area contributed by atoms with Crippen LogP contribution in [0.5, 0.6) is 0 Å². The standard InChI is InChI=1S/C16H20F2O4/c1-2-3-4-8-11-13(19)22-14(16(17,18)15(20)21)12-9-6-5-7-10-12/h5-7,9-10,14H,2-4,8,11H2,1H3,(H,20,21).